The molecule has 0 unspecified atom stereocenters. The van der Waals surface area contributed by atoms with Crippen molar-refractivity contribution in [2.75, 3.05) is 13.7 Å². The lowest BCUT2D eigenvalue weighted by molar-refractivity contribution is -0.131. The van der Waals surface area contributed by atoms with E-state index in [-0.39, 0.29) is 5.92 Å². The molecule has 5 heteroatoms. The Morgan fingerprint density at radius 3 is 2.52 bits per heavy atom. The topological polar surface area (TPSA) is 65.0 Å². The number of carbonyl (C=O) groups excluding carboxylic acids is 1. The molecule has 0 saturated carbocycles. The van der Waals surface area contributed by atoms with Crippen LogP contribution in [0.15, 0.2) is 42.5 Å². The van der Waals surface area contributed by atoms with Gasteiger partial charge in [0, 0.05) is 24.5 Å². The number of aliphatic hydroxyl groups is 1. The highest BCUT2D eigenvalue weighted by Gasteiger charge is 2.31. The third-order valence-electron chi connectivity index (χ3n) is 3.91. The minimum Gasteiger partial charge on any atom is -0.497 e. The van der Waals surface area contributed by atoms with Crippen molar-refractivity contribution in [3.05, 3.63) is 53.6 Å². The van der Waals surface area contributed by atoms with Gasteiger partial charge in [0.05, 0.1) is 19.8 Å². The van der Waals surface area contributed by atoms with Crippen LogP contribution in [0.2, 0.25) is 0 Å². The molecule has 0 fully saturated rings. The number of methoxy groups -OCH3 is 1. The molecule has 0 bridgehead atoms. The molecule has 0 aliphatic carbocycles. The van der Waals surface area contributed by atoms with Crippen LogP contribution in [-0.4, -0.2) is 24.8 Å². The monoisotopic (exact) mass is 314 g/mol. The molecule has 2 atom stereocenters. The largest absolute Gasteiger partial charge is 0.497 e. The zero-order valence-electron chi connectivity index (χ0n) is 13.0. The Bertz CT molecular complexity index is 708. The van der Waals surface area contributed by atoms with Gasteiger partial charge in [-0.3, -0.25) is 4.79 Å². The molecule has 5 nitrogen and oxygen atoms in total. The lowest BCUT2D eigenvalue weighted by Crippen LogP contribution is -2.24. The first-order chi connectivity index (χ1) is 11.1. The summed E-state index contributed by atoms with van der Waals surface area (Å²) in [5, 5.41) is 10.7. The van der Waals surface area contributed by atoms with Gasteiger partial charge in [0.15, 0.2) is 0 Å². The van der Waals surface area contributed by atoms with Crippen LogP contribution in [0.5, 0.6) is 17.2 Å². The Labute approximate surface area is 134 Å². The van der Waals surface area contributed by atoms with Crippen LogP contribution in [-0.2, 0) is 4.79 Å². The Morgan fingerprint density at radius 1 is 1.17 bits per heavy atom. The molecule has 1 heterocycles. The molecular weight excluding hydrogens is 296 g/mol. The second-order valence-electron chi connectivity index (χ2n) is 5.43. The molecule has 0 amide bonds. The van der Waals surface area contributed by atoms with Gasteiger partial charge >= 0.3 is 5.97 Å². The van der Waals surface area contributed by atoms with Crippen LogP contribution in [0.1, 0.15) is 30.1 Å². The Kier molecular flexibility index (Phi) is 4.21. The third kappa shape index (κ3) is 3.14. The van der Waals surface area contributed by atoms with Gasteiger partial charge in [-0.05, 0) is 29.8 Å². The van der Waals surface area contributed by atoms with Gasteiger partial charge in [0.1, 0.15) is 17.2 Å². The molecule has 0 spiro atoms. The molecule has 120 valence electrons. The first kappa shape index (κ1) is 15.4. The second-order valence-corrected chi connectivity index (χ2v) is 5.43. The maximum atomic E-state index is 11.0. The van der Waals surface area contributed by atoms with Gasteiger partial charge in [-0.15, -0.1) is 0 Å². The highest BCUT2D eigenvalue weighted by molar-refractivity contribution is 5.69. The quantitative estimate of drug-likeness (QED) is 0.697. The Balaban J connectivity index is 1.85. The van der Waals surface area contributed by atoms with Crippen LogP contribution in [0.4, 0.5) is 0 Å². The summed E-state index contributed by atoms with van der Waals surface area (Å²) in [6.07, 6.45) is -0.682. The molecule has 2 aromatic rings. The first-order valence-corrected chi connectivity index (χ1v) is 7.35. The average molecular weight is 314 g/mol. The molecule has 2 aromatic carbocycles. The number of rotatable bonds is 3. The van der Waals surface area contributed by atoms with E-state index in [2.05, 4.69) is 0 Å². The van der Waals surface area contributed by atoms with Crippen molar-refractivity contribution < 1.29 is 24.1 Å². The summed E-state index contributed by atoms with van der Waals surface area (Å²) >= 11 is 0. The summed E-state index contributed by atoms with van der Waals surface area (Å²) in [5.74, 6) is 1.17. The Hall–Kier alpha value is -2.53. The van der Waals surface area contributed by atoms with Crippen LogP contribution in [0, 0.1) is 0 Å². The highest BCUT2D eigenvalue weighted by Crippen LogP contribution is 2.42. The van der Waals surface area contributed by atoms with Crippen molar-refractivity contribution in [2.24, 2.45) is 0 Å². The number of esters is 1. The molecule has 1 N–H and O–H groups in total. The minimum atomic E-state index is -0.682. The number of carbonyl (C=O) groups is 1. The SMILES string of the molecule is COc1ccc([C@@H]2COc3cc(OC(C)=O)ccc3[C@H]2O)cc1. The van der Waals surface area contributed by atoms with E-state index in [9.17, 15) is 9.90 Å². The van der Waals surface area contributed by atoms with Crippen LogP contribution < -0.4 is 14.2 Å². The van der Waals surface area contributed by atoms with E-state index in [1.165, 1.54) is 6.92 Å². The molecule has 0 saturated heterocycles. The van der Waals surface area contributed by atoms with Gasteiger partial charge in [0.2, 0.25) is 0 Å². The number of hydrogen-bond acceptors (Lipinski definition) is 5. The van der Waals surface area contributed by atoms with Crippen molar-refractivity contribution >= 4 is 5.97 Å². The summed E-state index contributed by atoms with van der Waals surface area (Å²) in [7, 11) is 1.62. The van der Waals surface area contributed by atoms with E-state index < -0.39 is 12.1 Å². The fourth-order valence-corrected chi connectivity index (χ4v) is 2.73. The molecule has 1 aliphatic rings. The molecule has 1 aliphatic heterocycles. The van der Waals surface area contributed by atoms with E-state index in [0.717, 1.165) is 11.3 Å². The van der Waals surface area contributed by atoms with Gasteiger partial charge < -0.3 is 19.3 Å². The van der Waals surface area contributed by atoms with Gasteiger partial charge in [-0.1, -0.05) is 12.1 Å². The fourth-order valence-electron chi connectivity index (χ4n) is 2.73. The molecule has 0 radical (unpaired) electrons. The van der Waals surface area contributed by atoms with E-state index in [1.807, 2.05) is 24.3 Å². The number of benzene rings is 2. The fraction of sp³-hybridized carbons (Fsp3) is 0.278. The van der Waals surface area contributed by atoms with Crippen molar-refractivity contribution in [2.45, 2.75) is 18.9 Å². The first-order valence-electron chi connectivity index (χ1n) is 7.35. The molecule has 0 aromatic heterocycles. The van der Waals surface area contributed by atoms with E-state index in [0.29, 0.717) is 23.7 Å². The summed E-state index contributed by atoms with van der Waals surface area (Å²) < 4.78 is 15.9. The number of hydrogen-bond donors (Lipinski definition) is 1. The molecule has 3 rings (SSSR count). The molecular formula is C18H18O5. The van der Waals surface area contributed by atoms with Gasteiger partial charge in [-0.2, -0.15) is 0 Å². The summed E-state index contributed by atoms with van der Waals surface area (Å²) in [5.41, 5.74) is 1.67. The predicted octanol–water partition coefficient (Wildman–Crippen LogP) is 2.83. The minimum absolute atomic E-state index is 0.159. The van der Waals surface area contributed by atoms with Crippen LogP contribution in [0.25, 0.3) is 0 Å². The Morgan fingerprint density at radius 2 is 1.87 bits per heavy atom. The summed E-state index contributed by atoms with van der Waals surface area (Å²) in [6, 6.07) is 12.6. The van der Waals surface area contributed by atoms with Crippen molar-refractivity contribution in [1.82, 2.24) is 0 Å². The number of ether oxygens (including phenoxy) is 3. The molecule has 23 heavy (non-hydrogen) atoms. The second kappa shape index (κ2) is 6.30. The van der Waals surface area contributed by atoms with Crippen molar-refractivity contribution in [1.29, 1.82) is 0 Å². The lowest BCUT2D eigenvalue weighted by Gasteiger charge is -2.30. The van der Waals surface area contributed by atoms with E-state index >= 15 is 0 Å². The maximum Gasteiger partial charge on any atom is 0.308 e. The van der Waals surface area contributed by atoms with Gasteiger partial charge in [-0.25, -0.2) is 0 Å². The standard InChI is InChI=1S/C18H18O5/c1-11(19)23-14-7-8-15-17(9-14)22-10-16(18(15)20)12-3-5-13(21-2)6-4-12/h3-9,16,18,20H,10H2,1-2H3/t16-,18+/m0/s1. The summed E-state index contributed by atoms with van der Waals surface area (Å²) in [4.78, 5) is 11.0. The van der Waals surface area contributed by atoms with Crippen LogP contribution >= 0.6 is 0 Å². The zero-order chi connectivity index (χ0) is 16.4. The number of aliphatic hydroxyl groups excluding tert-OH is 1. The smallest absolute Gasteiger partial charge is 0.308 e. The highest BCUT2D eigenvalue weighted by atomic mass is 16.5. The predicted molar refractivity (Wildman–Crippen MR) is 83.9 cm³/mol. The lowest BCUT2D eigenvalue weighted by atomic mass is 9.87. The zero-order valence-corrected chi connectivity index (χ0v) is 13.0. The van der Waals surface area contributed by atoms with Crippen LogP contribution in [0.3, 0.4) is 0 Å². The van der Waals surface area contributed by atoms with Gasteiger partial charge in [0.25, 0.3) is 0 Å². The maximum absolute atomic E-state index is 11.0. The van der Waals surface area contributed by atoms with Crippen molar-refractivity contribution in [3.8, 4) is 17.2 Å². The van der Waals surface area contributed by atoms with Crippen molar-refractivity contribution in [3.63, 3.8) is 0 Å². The third-order valence-corrected chi connectivity index (χ3v) is 3.91. The number of fused-ring (bicyclic) bond motifs is 1. The summed E-state index contributed by atoms with van der Waals surface area (Å²) in [6.45, 7) is 1.69. The van der Waals surface area contributed by atoms with E-state index in [4.69, 9.17) is 14.2 Å². The normalized spacial score (nSPS) is 19.4. The average Bonchev–Trinajstić information content (AvgIpc) is 2.55. The van der Waals surface area contributed by atoms with E-state index in [1.54, 1.807) is 25.3 Å².